The monoisotopic (exact) mass is 277 g/mol. The fourth-order valence-corrected chi connectivity index (χ4v) is 2.76. The van der Waals surface area contributed by atoms with Crippen LogP contribution in [0, 0.1) is 5.92 Å². The van der Waals surface area contributed by atoms with E-state index in [0.29, 0.717) is 23.1 Å². The topological polar surface area (TPSA) is 77.2 Å². The van der Waals surface area contributed by atoms with Crippen molar-refractivity contribution in [1.29, 1.82) is 0 Å². The van der Waals surface area contributed by atoms with E-state index >= 15 is 0 Å². The minimum Gasteiger partial charge on any atom is -0.465 e. The highest BCUT2D eigenvalue weighted by atomic mass is 16.5. The summed E-state index contributed by atoms with van der Waals surface area (Å²) >= 11 is 0. The Hall–Kier alpha value is -1.78. The Morgan fingerprint density at radius 2 is 2.15 bits per heavy atom. The highest BCUT2D eigenvalue weighted by Gasteiger charge is 2.20. The van der Waals surface area contributed by atoms with Gasteiger partial charge in [-0.3, -0.25) is 0 Å². The lowest BCUT2D eigenvalue weighted by molar-refractivity contribution is 0.0602. The SMILES string of the molecule is CCC1CCC(Nc2cc(C(=O)OC)c(N)cn2)CC1. The standard InChI is InChI=1S/C15H23N3O2/c1-3-10-4-6-11(7-5-10)18-14-8-12(15(19)20-2)13(16)9-17-14/h8-11H,3-7,16H2,1-2H3,(H,17,18). The van der Waals surface area contributed by atoms with Crippen molar-refractivity contribution in [2.75, 3.05) is 18.2 Å². The number of carbonyl (C=O) groups is 1. The molecule has 0 amide bonds. The van der Waals surface area contributed by atoms with Gasteiger partial charge in [-0.25, -0.2) is 9.78 Å². The van der Waals surface area contributed by atoms with Crippen LogP contribution in [-0.2, 0) is 4.74 Å². The number of aromatic nitrogens is 1. The molecular weight excluding hydrogens is 254 g/mol. The minimum absolute atomic E-state index is 0.345. The van der Waals surface area contributed by atoms with Gasteiger partial charge in [-0.1, -0.05) is 13.3 Å². The summed E-state index contributed by atoms with van der Waals surface area (Å²) in [6.45, 7) is 2.25. The van der Waals surface area contributed by atoms with Gasteiger partial charge in [-0.2, -0.15) is 0 Å². The van der Waals surface area contributed by atoms with Gasteiger partial charge in [0, 0.05) is 6.04 Å². The Bertz CT molecular complexity index is 468. The fraction of sp³-hybridized carbons (Fsp3) is 0.600. The number of pyridine rings is 1. The van der Waals surface area contributed by atoms with Crippen molar-refractivity contribution in [2.45, 2.75) is 45.1 Å². The predicted octanol–water partition coefficient (Wildman–Crippen LogP) is 2.83. The van der Waals surface area contributed by atoms with E-state index in [0.717, 1.165) is 18.8 Å². The molecule has 1 aliphatic carbocycles. The summed E-state index contributed by atoms with van der Waals surface area (Å²) < 4.78 is 4.72. The van der Waals surface area contributed by atoms with Gasteiger partial charge in [0.05, 0.1) is 24.6 Å². The van der Waals surface area contributed by atoms with E-state index in [1.807, 2.05) is 0 Å². The normalized spacial score (nSPS) is 22.3. The molecule has 0 atom stereocenters. The number of hydrogen-bond acceptors (Lipinski definition) is 5. The van der Waals surface area contributed by atoms with E-state index in [1.165, 1.54) is 32.6 Å². The first-order valence-corrected chi connectivity index (χ1v) is 7.24. The van der Waals surface area contributed by atoms with Gasteiger partial charge in [-0.05, 0) is 37.7 Å². The first-order valence-electron chi connectivity index (χ1n) is 7.24. The second kappa shape index (κ2) is 6.59. The number of nitrogens with one attached hydrogen (secondary N) is 1. The van der Waals surface area contributed by atoms with Crippen LogP contribution in [0.4, 0.5) is 11.5 Å². The van der Waals surface area contributed by atoms with E-state index in [1.54, 1.807) is 6.07 Å². The van der Waals surface area contributed by atoms with Gasteiger partial charge in [0.2, 0.25) is 0 Å². The molecule has 0 aromatic carbocycles. The van der Waals surface area contributed by atoms with Gasteiger partial charge in [0.25, 0.3) is 0 Å². The van der Waals surface area contributed by atoms with Gasteiger partial charge >= 0.3 is 5.97 Å². The zero-order chi connectivity index (χ0) is 14.5. The fourth-order valence-electron chi connectivity index (χ4n) is 2.76. The van der Waals surface area contributed by atoms with E-state index in [-0.39, 0.29) is 0 Å². The molecule has 1 aromatic heterocycles. The van der Waals surface area contributed by atoms with Crippen LogP contribution in [0.25, 0.3) is 0 Å². The summed E-state index contributed by atoms with van der Waals surface area (Å²) in [4.78, 5) is 15.8. The Labute approximate surface area is 119 Å². The van der Waals surface area contributed by atoms with Crippen LogP contribution in [0.1, 0.15) is 49.4 Å². The van der Waals surface area contributed by atoms with Crippen molar-refractivity contribution in [2.24, 2.45) is 5.92 Å². The first-order chi connectivity index (χ1) is 9.63. The number of methoxy groups -OCH3 is 1. The van der Waals surface area contributed by atoms with Gasteiger partial charge < -0.3 is 15.8 Å². The molecule has 20 heavy (non-hydrogen) atoms. The van der Waals surface area contributed by atoms with Crippen LogP contribution >= 0.6 is 0 Å². The number of rotatable bonds is 4. The zero-order valence-electron chi connectivity index (χ0n) is 12.2. The summed E-state index contributed by atoms with van der Waals surface area (Å²) in [5.41, 5.74) is 6.46. The first kappa shape index (κ1) is 14.6. The lowest BCUT2D eigenvalue weighted by Crippen LogP contribution is -2.26. The molecule has 5 nitrogen and oxygen atoms in total. The third kappa shape index (κ3) is 3.40. The second-order valence-corrected chi connectivity index (χ2v) is 5.42. The maximum atomic E-state index is 11.6. The number of carbonyl (C=O) groups excluding carboxylic acids is 1. The van der Waals surface area contributed by atoms with Crippen molar-refractivity contribution in [3.8, 4) is 0 Å². The molecule has 0 spiro atoms. The van der Waals surface area contributed by atoms with E-state index < -0.39 is 5.97 Å². The predicted molar refractivity (Wildman–Crippen MR) is 79.6 cm³/mol. The molecule has 1 saturated carbocycles. The average molecular weight is 277 g/mol. The highest BCUT2D eigenvalue weighted by Crippen LogP contribution is 2.28. The number of nitrogens with zero attached hydrogens (tertiary/aromatic N) is 1. The molecule has 1 fully saturated rings. The van der Waals surface area contributed by atoms with Crippen molar-refractivity contribution < 1.29 is 9.53 Å². The van der Waals surface area contributed by atoms with Gasteiger partial charge in [-0.15, -0.1) is 0 Å². The van der Waals surface area contributed by atoms with Crippen LogP contribution in [-0.4, -0.2) is 24.1 Å². The van der Waals surface area contributed by atoms with Gasteiger partial charge in [0.1, 0.15) is 5.82 Å². The van der Waals surface area contributed by atoms with Gasteiger partial charge in [0.15, 0.2) is 0 Å². The highest BCUT2D eigenvalue weighted by molar-refractivity contribution is 5.95. The molecule has 2 rings (SSSR count). The summed E-state index contributed by atoms with van der Waals surface area (Å²) in [7, 11) is 1.35. The van der Waals surface area contributed by atoms with Crippen LogP contribution < -0.4 is 11.1 Å². The van der Waals surface area contributed by atoms with Crippen molar-refractivity contribution in [3.63, 3.8) is 0 Å². The second-order valence-electron chi connectivity index (χ2n) is 5.42. The smallest absolute Gasteiger partial charge is 0.340 e. The molecule has 0 radical (unpaired) electrons. The molecule has 0 unspecified atom stereocenters. The number of anilines is 2. The van der Waals surface area contributed by atoms with Crippen molar-refractivity contribution >= 4 is 17.5 Å². The lowest BCUT2D eigenvalue weighted by atomic mass is 9.84. The third-order valence-corrected chi connectivity index (χ3v) is 4.12. The number of esters is 1. The van der Waals surface area contributed by atoms with Crippen LogP contribution in [0.15, 0.2) is 12.3 Å². The molecule has 110 valence electrons. The quantitative estimate of drug-likeness (QED) is 0.827. The summed E-state index contributed by atoms with van der Waals surface area (Å²) in [6.07, 6.45) is 7.59. The Morgan fingerprint density at radius 1 is 1.45 bits per heavy atom. The molecule has 0 bridgehead atoms. The largest absolute Gasteiger partial charge is 0.465 e. The van der Waals surface area contributed by atoms with Crippen molar-refractivity contribution in [3.05, 3.63) is 17.8 Å². The van der Waals surface area contributed by atoms with E-state index in [4.69, 9.17) is 10.5 Å². The Balaban J connectivity index is 2.01. The molecule has 5 heteroatoms. The van der Waals surface area contributed by atoms with Crippen molar-refractivity contribution in [1.82, 2.24) is 4.98 Å². The molecule has 1 aromatic rings. The Morgan fingerprint density at radius 3 is 2.75 bits per heavy atom. The number of hydrogen-bond donors (Lipinski definition) is 2. The maximum absolute atomic E-state index is 11.6. The summed E-state index contributed by atoms with van der Waals surface area (Å²) in [5, 5.41) is 3.40. The molecule has 3 N–H and O–H groups in total. The van der Waals surface area contributed by atoms with E-state index in [9.17, 15) is 4.79 Å². The Kier molecular flexibility index (Phi) is 4.82. The molecule has 1 heterocycles. The van der Waals surface area contributed by atoms with Crippen LogP contribution in [0.3, 0.4) is 0 Å². The minimum atomic E-state index is -0.428. The van der Waals surface area contributed by atoms with Crippen LogP contribution in [0.5, 0.6) is 0 Å². The third-order valence-electron chi connectivity index (χ3n) is 4.12. The molecular formula is C15H23N3O2. The molecule has 0 saturated heterocycles. The summed E-state index contributed by atoms with van der Waals surface area (Å²) in [5.74, 6) is 1.13. The average Bonchev–Trinajstić information content (AvgIpc) is 2.49. The van der Waals surface area contributed by atoms with Crippen LogP contribution in [0.2, 0.25) is 0 Å². The number of nitrogens with two attached hydrogens (primary N) is 1. The molecule has 0 aliphatic heterocycles. The maximum Gasteiger partial charge on any atom is 0.340 e. The summed E-state index contributed by atoms with van der Waals surface area (Å²) in [6, 6.07) is 2.10. The lowest BCUT2D eigenvalue weighted by Gasteiger charge is -2.28. The molecule has 1 aliphatic rings. The zero-order valence-corrected chi connectivity index (χ0v) is 12.2. The number of nitrogen functional groups attached to an aromatic ring is 1. The number of ether oxygens (including phenoxy) is 1. The van der Waals surface area contributed by atoms with E-state index in [2.05, 4.69) is 17.2 Å².